The average Bonchev–Trinajstić information content (AvgIpc) is 2.52. The summed E-state index contributed by atoms with van der Waals surface area (Å²) in [5.41, 5.74) is 3.47. The largest absolute Gasteiger partial charge is 0.328 e. The van der Waals surface area contributed by atoms with Gasteiger partial charge in [-0.05, 0) is 24.6 Å². The van der Waals surface area contributed by atoms with E-state index in [1.54, 1.807) is 0 Å². The Morgan fingerprint density at radius 3 is 2.77 bits per heavy atom. The smallest absolute Gasteiger partial charge is 0.211 e. The molecule has 0 aliphatic rings. The van der Waals surface area contributed by atoms with Gasteiger partial charge in [0.2, 0.25) is 6.41 Å². The molecule has 1 heterocycles. The molecule has 5 heteroatoms. The number of carbonyl (C=O) groups excluding carboxylic acids is 1. The van der Waals surface area contributed by atoms with Crippen LogP contribution in [0.4, 0.5) is 5.69 Å². The Hall–Kier alpha value is -1.49. The molecular weight excluding hydrogens is 186 g/mol. The van der Waals surface area contributed by atoms with Crippen molar-refractivity contribution in [3.05, 3.63) is 17.7 Å². The third kappa shape index (κ3) is 1.38. The number of nitrogens with zero attached hydrogens (tertiary/aromatic N) is 2. The Kier molecular flexibility index (Phi) is 1.94. The lowest BCUT2D eigenvalue weighted by atomic mass is 10.2. The van der Waals surface area contributed by atoms with Crippen molar-refractivity contribution >= 4 is 34.9 Å². The number of hydrogen-bond acceptors (Lipinski definition) is 4. The maximum atomic E-state index is 10.3. The first-order valence-corrected chi connectivity index (χ1v) is 4.47. The van der Waals surface area contributed by atoms with E-state index in [9.17, 15) is 4.79 Å². The third-order valence-electron chi connectivity index (χ3n) is 1.81. The zero-order valence-electron chi connectivity index (χ0n) is 6.94. The van der Waals surface area contributed by atoms with E-state index >= 15 is 0 Å². The second kappa shape index (κ2) is 3.10. The number of amides is 1. The van der Waals surface area contributed by atoms with E-state index in [-0.39, 0.29) is 0 Å². The fraction of sp³-hybridized carbons (Fsp3) is 0.125. The maximum Gasteiger partial charge on any atom is 0.211 e. The van der Waals surface area contributed by atoms with E-state index in [4.69, 9.17) is 0 Å². The standard InChI is InChI=1S/C8H7N3OS/c1-5-2-7-8(11-13-10-7)3-6(5)9-4-12/h2-4H,1H3,(H,9,12). The van der Waals surface area contributed by atoms with Crippen molar-refractivity contribution in [2.45, 2.75) is 6.92 Å². The summed E-state index contributed by atoms with van der Waals surface area (Å²) in [5, 5.41) is 2.61. The highest BCUT2D eigenvalue weighted by atomic mass is 32.1. The first-order chi connectivity index (χ1) is 6.31. The molecule has 0 spiro atoms. The lowest BCUT2D eigenvalue weighted by Gasteiger charge is -2.01. The molecule has 2 aromatic rings. The van der Waals surface area contributed by atoms with Gasteiger partial charge in [0.25, 0.3) is 0 Å². The normalized spacial score (nSPS) is 10.2. The molecule has 0 atom stereocenters. The van der Waals surface area contributed by atoms with Crippen LogP contribution < -0.4 is 5.32 Å². The number of benzene rings is 1. The van der Waals surface area contributed by atoms with Crippen LogP contribution in [0, 0.1) is 6.92 Å². The minimum Gasteiger partial charge on any atom is -0.328 e. The minimum absolute atomic E-state index is 0.661. The summed E-state index contributed by atoms with van der Waals surface area (Å²) < 4.78 is 8.17. The number of hydrogen-bond donors (Lipinski definition) is 1. The average molecular weight is 193 g/mol. The minimum atomic E-state index is 0.661. The number of carbonyl (C=O) groups is 1. The van der Waals surface area contributed by atoms with Crippen LogP contribution in [-0.4, -0.2) is 15.2 Å². The number of nitrogens with one attached hydrogen (secondary N) is 1. The van der Waals surface area contributed by atoms with E-state index in [0.717, 1.165) is 22.3 Å². The Bertz CT molecular complexity index is 452. The van der Waals surface area contributed by atoms with Crippen LogP contribution in [0.2, 0.25) is 0 Å². The van der Waals surface area contributed by atoms with E-state index in [1.165, 1.54) is 11.7 Å². The number of rotatable bonds is 2. The van der Waals surface area contributed by atoms with Gasteiger partial charge in [-0.15, -0.1) is 0 Å². The molecule has 1 N–H and O–H groups in total. The number of aromatic nitrogens is 2. The summed E-state index contributed by atoms with van der Waals surface area (Å²) in [5.74, 6) is 0. The quantitative estimate of drug-likeness (QED) is 0.736. The molecule has 1 aromatic heterocycles. The molecule has 13 heavy (non-hydrogen) atoms. The van der Waals surface area contributed by atoms with Gasteiger partial charge in [-0.25, -0.2) is 0 Å². The predicted molar refractivity (Wildman–Crippen MR) is 51.8 cm³/mol. The van der Waals surface area contributed by atoms with E-state index < -0.39 is 0 Å². The van der Waals surface area contributed by atoms with Crippen LogP contribution in [0.3, 0.4) is 0 Å². The van der Waals surface area contributed by atoms with E-state index in [0.29, 0.717) is 6.41 Å². The highest BCUT2D eigenvalue weighted by Gasteiger charge is 2.03. The van der Waals surface area contributed by atoms with Gasteiger partial charge in [0.15, 0.2) is 0 Å². The maximum absolute atomic E-state index is 10.3. The molecule has 0 aliphatic carbocycles. The molecule has 0 saturated heterocycles. The van der Waals surface area contributed by atoms with Crippen LogP contribution in [-0.2, 0) is 4.79 Å². The van der Waals surface area contributed by atoms with Crippen molar-refractivity contribution in [1.82, 2.24) is 8.75 Å². The molecule has 1 aromatic carbocycles. The highest BCUT2D eigenvalue weighted by Crippen LogP contribution is 2.21. The fourth-order valence-corrected chi connectivity index (χ4v) is 1.66. The van der Waals surface area contributed by atoms with Crippen LogP contribution in [0.5, 0.6) is 0 Å². The molecule has 4 nitrogen and oxygen atoms in total. The fourth-order valence-electron chi connectivity index (χ4n) is 1.15. The molecule has 2 rings (SSSR count). The molecule has 0 saturated carbocycles. The van der Waals surface area contributed by atoms with Crippen LogP contribution >= 0.6 is 11.7 Å². The molecule has 1 amide bonds. The highest BCUT2D eigenvalue weighted by molar-refractivity contribution is 7.00. The van der Waals surface area contributed by atoms with Gasteiger partial charge in [0.05, 0.1) is 11.7 Å². The first-order valence-electron chi connectivity index (χ1n) is 3.74. The van der Waals surface area contributed by atoms with Gasteiger partial charge in [-0.2, -0.15) is 8.75 Å². The van der Waals surface area contributed by atoms with Crippen molar-refractivity contribution in [3.63, 3.8) is 0 Å². The predicted octanol–water partition coefficient (Wildman–Crippen LogP) is 1.57. The van der Waals surface area contributed by atoms with Gasteiger partial charge < -0.3 is 5.32 Å². The van der Waals surface area contributed by atoms with E-state index in [1.807, 2.05) is 19.1 Å². The molecule has 66 valence electrons. The topological polar surface area (TPSA) is 54.9 Å². The zero-order chi connectivity index (χ0) is 9.26. The Morgan fingerprint density at radius 2 is 2.08 bits per heavy atom. The number of aryl methyl sites for hydroxylation is 1. The second-order valence-electron chi connectivity index (χ2n) is 2.68. The number of anilines is 1. The van der Waals surface area contributed by atoms with Gasteiger partial charge in [-0.1, -0.05) is 0 Å². The summed E-state index contributed by atoms with van der Waals surface area (Å²) in [6.45, 7) is 1.92. The number of fused-ring (bicyclic) bond motifs is 1. The Morgan fingerprint density at radius 1 is 1.38 bits per heavy atom. The molecule has 0 radical (unpaired) electrons. The molecule has 0 unspecified atom stereocenters. The summed E-state index contributed by atoms with van der Waals surface area (Å²) in [6, 6.07) is 3.73. The van der Waals surface area contributed by atoms with Crippen molar-refractivity contribution in [1.29, 1.82) is 0 Å². The summed E-state index contributed by atoms with van der Waals surface area (Å²) >= 11 is 1.17. The van der Waals surface area contributed by atoms with Crippen LogP contribution in [0.15, 0.2) is 12.1 Å². The van der Waals surface area contributed by atoms with Crippen LogP contribution in [0.25, 0.3) is 11.0 Å². The van der Waals surface area contributed by atoms with Crippen LogP contribution in [0.1, 0.15) is 5.56 Å². The Balaban J connectivity index is 2.62. The third-order valence-corrected chi connectivity index (χ3v) is 2.37. The molecule has 0 fully saturated rings. The Labute approximate surface area is 78.9 Å². The van der Waals surface area contributed by atoms with Gasteiger partial charge >= 0.3 is 0 Å². The van der Waals surface area contributed by atoms with Crippen molar-refractivity contribution in [3.8, 4) is 0 Å². The molecule has 0 bridgehead atoms. The van der Waals surface area contributed by atoms with Crippen molar-refractivity contribution in [2.75, 3.05) is 5.32 Å². The SMILES string of the molecule is Cc1cc2nsnc2cc1NC=O. The monoisotopic (exact) mass is 193 g/mol. The zero-order valence-corrected chi connectivity index (χ0v) is 7.76. The van der Waals surface area contributed by atoms with E-state index in [2.05, 4.69) is 14.1 Å². The molecule has 0 aliphatic heterocycles. The lowest BCUT2D eigenvalue weighted by molar-refractivity contribution is -0.105. The van der Waals surface area contributed by atoms with Gasteiger partial charge in [0, 0.05) is 5.69 Å². The van der Waals surface area contributed by atoms with Crippen molar-refractivity contribution < 1.29 is 4.79 Å². The lowest BCUT2D eigenvalue weighted by Crippen LogP contribution is -1.95. The van der Waals surface area contributed by atoms with Crippen molar-refractivity contribution in [2.24, 2.45) is 0 Å². The summed E-state index contributed by atoms with van der Waals surface area (Å²) in [6.07, 6.45) is 0.661. The summed E-state index contributed by atoms with van der Waals surface area (Å²) in [4.78, 5) is 10.3. The summed E-state index contributed by atoms with van der Waals surface area (Å²) in [7, 11) is 0. The van der Waals surface area contributed by atoms with Gasteiger partial charge in [-0.3, -0.25) is 4.79 Å². The molecular formula is C8H7N3OS. The first kappa shape index (κ1) is 8.12. The second-order valence-corrected chi connectivity index (χ2v) is 3.21. The van der Waals surface area contributed by atoms with Gasteiger partial charge in [0.1, 0.15) is 11.0 Å².